The molecule has 0 atom stereocenters. The van der Waals surface area contributed by atoms with Crippen LogP contribution in [0, 0.1) is 0 Å². The average molecular weight is 304 g/mol. The van der Waals surface area contributed by atoms with Gasteiger partial charge in [-0.3, -0.25) is 0 Å². The normalized spacial score (nSPS) is 10.8. The van der Waals surface area contributed by atoms with E-state index in [1.807, 2.05) is 48.5 Å². The lowest BCUT2D eigenvalue weighted by atomic mass is 10.4. The van der Waals surface area contributed by atoms with Gasteiger partial charge in [-0.1, -0.05) is 47.5 Å². The van der Waals surface area contributed by atoms with E-state index in [0.29, 0.717) is 5.62 Å². The molecule has 2 rings (SSSR count). The van der Waals surface area contributed by atoms with Gasteiger partial charge >= 0.3 is 0 Å². The van der Waals surface area contributed by atoms with Gasteiger partial charge in [-0.05, 0) is 42.8 Å². The van der Waals surface area contributed by atoms with Gasteiger partial charge in [0.05, 0.1) is 5.62 Å². The summed E-state index contributed by atoms with van der Waals surface area (Å²) in [6, 6.07) is 15.7. The van der Waals surface area contributed by atoms with Crippen LogP contribution in [0.3, 0.4) is 0 Å². The largest absolute Gasteiger partial charge is 0.121 e. The first kappa shape index (κ1) is 13.2. The van der Waals surface area contributed by atoms with Gasteiger partial charge in [0, 0.05) is 10.0 Å². The van der Waals surface area contributed by atoms with E-state index in [2.05, 4.69) is 0 Å². The summed E-state index contributed by atoms with van der Waals surface area (Å²) in [5, 5.41) is 3.94. The van der Waals surface area contributed by atoms with Crippen LogP contribution in [0.4, 0.5) is 0 Å². The number of rotatable bonds is 3. The van der Waals surface area contributed by atoms with Crippen LogP contribution in [0.15, 0.2) is 48.5 Å². The zero-order chi connectivity index (χ0) is 12.3. The molecule has 0 radical (unpaired) electrons. The Bertz CT molecular complexity index is 434. The molecule has 88 valence electrons. The van der Waals surface area contributed by atoms with E-state index in [1.54, 1.807) is 0 Å². The first-order chi connectivity index (χ1) is 8.20. The fraction of sp³-hybridized carbons (Fsp3) is 0.0769. The van der Waals surface area contributed by atoms with Crippen molar-refractivity contribution in [2.24, 2.45) is 0 Å². The van der Waals surface area contributed by atoms with E-state index in [4.69, 9.17) is 34.8 Å². The molecule has 0 saturated carbocycles. The maximum Gasteiger partial charge on any atom is 0.0506 e. The van der Waals surface area contributed by atoms with Gasteiger partial charge in [-0.25, -0.2) is 0 Å². The highest BCUT2D eigenvalue weighted by Gasteiger charge is 2.12. The summed E-state index contributed by atoms with van der Waals surface area (Å²) in [5.74, 6) is 0. The summed E-state index contributed by atoms with van der Waals surface area (Å²) in [4.78, 5) is 0. The third kappa shape index (κ3) is 3.36. The first-order valence-corrected chi connectivity index (χ1v) is 7.87. The monoisotopic (exact) mass is 302 g/mol. The third-order valence-electron chi connectivity index (χ3n) is 2.40. The fourth-order valence-corrected chi connectivity index (χ4v) is 4.20. The van der Waals surface area contributed by atoms with Crippen LogP contribution in [0.5, 0.6) is 0 Å². The molecule has 17 heavy (non-hydrogen) atoms. The number of hydrogen-bond acceptors (Lipinski definition) is 0. The number of hydrogen-bond donors (Lipinski definition) is 0. The van der Waals surface area contributed by atoms with Crippen molar-refractivity contribution in [1.29, 1.82) is 0 Å². The van der Waals surface area contributed by atoms with Gasteiger partial charge in [0.15, 0.2) is 0 Å². The minimum absolute atomic E-state index is 0.525. The van der Waals surface area contributed by atoms with Crippen molar-refractivity contribution in [3.05, 3.63) is 58.6 Å². The standard InChI is InChI=1S/C13H10Cl3P/c14-9-17(12-5-1-10(15)2-6-12)13-7-3-11(16)4-8-13/h1-8H,9H2. The van der Waals surface area contributed by atoms with Crippen molar-refractivity contribution in [3.8, 4) is 0 Å². The molecule has 2 aromatic rings. The maximum absolute atomic E-state index is 6.08. The highest BCUT2D eigenvalue weighted by atomic mass is 35.5. The third-order valence-corrected chi connectivity index (χ3v) is 5.70. The van der Waals surface area contributed by atoms with E-state index < -0.39 is 7.92 Å². The van der Waals surface area contributed by atoms with Crippen molar-refractivity contribution in [2.45, 2.75) is 0 Å². The predicted octanol–water partition coefficient (Wildman–Crippen LogP) is 4.62. The van der Waals surface area contributed by atoms with Gasteiger partial charge in [-0.2, -0.15) is 0 Å². The Labute approximate surface area is 117 Å². The Morgan fingerprint density at radius 2 is 1.06 bits per heavy atom. The topological polar surface area (TPSA) is 0 Å². The minimum Gasteiger partial charge on any atom is -0.121 e. The molecule has 2 aromatic carbocycles. The predicted molar refractivity (Wildman–Crippen MR) is 79.8 cm³/mol. The van der Waals surface area contributed by atoms with Crippen LogP contribution in [0.2, 0.25) is 10.0 Å². The Kier molecular flexibility index (Phi) is 4.70. The van der Waals surface area contributed by atoms with Crippen molar-refractivity contribution < 1.29 is 0 Å². The van der Waals surface area contributed by atoms with E-state index in [9.17, 15) is 0 Å². The van der Waals surface area contributed by atoms with Gasteiger partial charge < -0.3 is 0 Å². The van der Waals surface area contributed by atoms with E-state index >= 15 is 0 Å². The SMILES string of the molecule is ClCP(c1ccc(Cl)cc1)c1ccc(Cl)cc1. The number of benzene rings is 2. The summed E-state index contributed by atoms with van der Waals surface area (Å²) in [6.45, 7) is 0. The van der Waals surface area contributed by atoms with Gasteiger partial charge in [0.2, 0.25) is 0 Å². The molecule has 0 saturated heterocycles. The molecule has 0 aliphatic heterocycles. The molecule has 4 heteroatoms. The van der Waals surface area contributed by atoms with Gasteiger partial charge in [0.1, 0.15) is 0 Å². The summed E-state index contributed by atoms with van der Waals surface area (Å²) in [5.41, 5.74) is 0.596. The molecule has 0 spiro atoms. The van der Waals surface area contributed by atoms with Crippen LogP contribution < -0.4 is 10.6 Å². The molecule has 0 aromatic heterocycles. The van der Waals surface area contributed by atoms with Crippen molar-refractivity contribution in [1.82, 2.24) is 0 Å². The lowest BCUT2D eigenvalue weighted by Gasteiger charge is -2.15. The van der Waals surface area contributed by atoms with Crippen molar-refractivity contribution >= 4 is 53.3 Å². The zero-order valence-electron chi connectivity index (χ0n) is 8.91. The summed E-state index contributed by atoms with van der Waals surface area (Å²) in [6.07, 6.45) is 0. The van der Waals surface area contributed by atoms with Crippen LogP contribution in [-0.2, 0) is 0 Å². The molecule has 0 fully saturated rings. The summed E-state index contributed by atoms with van der Waals surface area (Å²) < 4.78 is 0. The van der Waals surface area contributed by atoms with E-state index in [-0.39, 0.29) is 0 Å². The molecule has 0 unspecified atom stereocenters. The molecule has 0 heterocycles. The second-order valence-electron chi connectivity index (χ2n) is 3.50. The fourth-order valence-electron chi connectivity index (χ4n) is 1.53. The van der Waals surface area contributed by atoms with Crippen LogP contribution in [0.25, 0.3) is 0 Å². The second-order valence-corrected chi connectivity index (χ2v) is 7.22. The lowest BCUT2D eigenvalue weighted by molar-refractivity contribution is 1.74. The molecule has 0 bridgehead atoms. The molecule has 0 nitrogen and oxygen atoms in total. The molecule has 0 aliphatic carbocycles. The molecule has 0 aliphatic rings. The molecular weight excluding hydrogens is 293 g/mol. The Balaban J connectivity index is 2.33. The van der Waals surface area contributed by atoms with Crippen LogP contribution in [0.1, 0.15) is 0 Å². The summed E-state index contributed by atoms with van der Waals surface area (Å²) in [7, 11) is -0.525. The molecule has 0 N–H and O–H groups in total. The smallest absolute Gasteiger partial charge is 0.0506 e. The highest BCUT2D eigenvalue weighted by Crippen LogP contribution is 2.35. The summed E-state index contributed by atoms with van der Waals surface area (Å²) >= 11 is 17.8. The lowest BCUT2D eigenvalue weighted by Crippen LogP contribution is -2.12. The maximum atomic E-state index is 6.08. The zero-order valence-corrected chi connectivity index (χ0v) is 12.1. The van der Waals surface area contributed by atoms with Gasteiger partial charge in [-0.15, -0.1) is 11.6 Å². The number of alkyl halides is 1. The second kappa shape index (κ2) is 6.07. The van der Waals surface area contributed by atoms with Crippen molar-refractivity contribution in [2.75, 3.05) is 5.62 Å². The first-order valence-electron chi connectivity index (χ1n) is 5.05. The van der Waals surface area contributed by atoms with Crippen LogP contribution in [-0.4, -0.2) is 5.62 Å². The van der Waals surface area contributed by atoms with E-state index in [0.717, 1.165) is 10.0 Å². The number of halogens is 3. The Morgan fingerprint density at radius 1 is 0.706 bits per heavy atom. The minimum atomic E-state index is -0.525. The Hall–Kier alpha value is -0.260. The average Bonchev–Trinajstić information content (AvgIpc) is 2.35. The molecular formula is C13H10Cl3P. The quantitative estimate of drug-likeness (QED) is 0.573. The highest BCUT2D eigenvalue weighted by molar-refractivity contribution is 7.74. The van der Waals surface area contributed by atoms with Crippen molar-refractivity contribution in [3.63, 3.8) is 0 Å². The van der Waals surface area contributed by atoms with E-state index in [1.165, 1.54) is 10.6 Å². The molecule has 0 amide bonds. The Morgan fingerprint density at radius 3 is 1.35 bits per heavy atom. The van der Waals surface area contributed by atoms with Gasteiger partial charge in [0.25, 0.3) is 0 Å². The van der Waals surface area contributed by atoms with Crippen LogP contribution >= 0.6 is 42.7 Å².